The molecule has 0 spiro atoms. The Bertz CT molecular complexity index is 1140. The number of aliphatic carboxylic acids is 1. The molecule has 0 radical (unpaired) electrons. The van der Waals surface area contributed by atoms with Gasteiger partial charge in [0.2, 0.25) is 0 Å². The van der Waals surface area contributed by atoms with E-state index in [0.29, 0.717) is 16.9 Å². The third kappa shape index (κ3) is 5.43. The fraction of sp³-hybridized carbons (Fsp3) is 0.0476. The van der Waals surface area contributed by atoms with Crippen LogP contribution in [0, 0.1) is 0 Å². The highest BCUT2D eigenvalue weighted by Crippen LogP contribution is 2.18. The minimum atomic E-state index is -3.86. The van der Waals surface area contributed by atoms with Gasteiger partial charge >= 0.3 is 5.97 Å². The summed E-state index contributed by atoms with van der Waals surface area (Å²) in [5.74, 6) is -1.48. The second-order valence-corrected chi connectivity index (χ2v) is 7.91. The summed E-state index contributed by atoms with van der Waals surface area (Å²) >= 11 is 0. The van der Waals surface area contributed by atoms with Gasteiger partial charge in [0.1, 0.15) is 0 Å². The zero-order chi connectivity index (χ0) is 20.9. The molecule has 0 heterocycles. The molecule has 0 aliphatic carbocycles. The van der Waals surface area contributed by atoms with E-state index in [9.17, 15) is 18.0 Å². The zero-order valence-corrected chi connectivity index (χ0v) is 16.0. The van der Waals surface area contributed by atoms with Crippen LogP contribution in [0.5, 0.6) is 0 Å². The number of anilines is 2. The molecule has 148 valence electrons. The number of benzene rings is 3. The van der Waals surface area contributed by atoms with Gasteiger partial charge in [-0.2, -0.15) is 0 Å². The van der Waals surface area contributed by atoms with Crippen molar-refractivity contribution in [2.45, 2.75) is 11.3 Å². The molecule has 0 aliphatic heterocycles. The second kappa shape index (κ2) is 8.57. The van der Waals surface area contributed by atoms with Crippen LogP contribution < -0.4 is 10.0 Å². The second-order valence-electron chi connectivity index (χ2n) is 6.22. The van der Waals surface area contributed by atoms with E-state index in [1.54, 1.807) is 54.6 Å². The Kier molecular flexibility index (Phi) is 5.94. The molecule has 0 bridgehead atoms. The van der Waals surface area contributed by atoms with Crippen molar-refractivity contribution >= 4 is 33.3 Å². The van der Waals surface area contributed by atoms with E-state index >= 15 is 0 Å². The number of carbonyl (C=O) groups is 2. The Balaban J connectivity index is 1.78. The van der Waals surface area contributed by atoms with Gasteiger partial charge in [0.15, 0.2) is 0 Å². The minimum absolute atomic E-state index is 0.0476. The van der Waals surface area contributed by atoms with Crippen molar-refractivity contribution in [1.82, 2.24) is 0 Å². The maximum absolute atomic E-state index is 12.6. The van der Waals surface area contributed by atoms with Crippen LogP contribution >= 0.6 is 0 Å². The van der Waals surface area contributed by atoms with Crippen LogP contribution in [0.25, 0.3) is 0 Å². The van der Waals surface area contributed by atoms with Crippen molar-refractivity contribution in [3.8, 4) is 0 Å². The van der Waals surface area contributed by atoms with E-state index in [1.165, 1.54) is 24.3 Å². The average molecular weight is 410 g/mol. The predicted molar refractivity (Wildman–Crippen MR) is 109 cm³/mol. The Morgan fingerprint density at radius 2 is 1.52 bits per heavy atom. The summed E-state index contributed by atoms with van der Waals surface area (Å²) in [6.07, 6.45) is -0.164. The SMILES string of the molecule is O=C(O)Cc1cccc(NC(=O)c2cccc(S(=O)(=O)Nc3ccccc3)c2)c1. The van der Waals surface area contributed by atoms with Crippen molar-refractivity contribution in [1.29, 1.82) is 0 Å². The molecule has 0 fully saturated rings. The van der Waals surface area contributed by atoms with Crippen molar-refractivity contribution in [3.63, 3.8) is 0 Å². The zero-order valence-electron chi connectivity index (χ0n) is 15.2. The van der Waals surface area contributed by atoms with E-state index in [2.05, 4.69) is 10.0 Å². The number of amides is 1. The third-order valence-electron chi connectivity index (χ3n) is 3.97. The molecule has 3 N–H and O–H groups in total. The third-order valence-corrected chi connectivity index (χ3v) is 5.35. The molecule has 29 heavy (non-hydrogen) atoms. The quantitative estimate of drug-likeness (QED) is 0.553. The Morgan fingerprint density at radius 3 is 2.24 bits per heavy atom. The van der Waals surface area contributed by atoms with E-state index in [4.69, 9.17) is 5.11 Å². The first-order chi connectivity index (χ1) is 13.8. The molecule has 0 unspecified atom stereocenters. The first-order valence-corrected chi connectivity index (χ1v) is 10.1. The summed E-state index contributed by atoms with van der Waals surface area (Å²) < 4.78 is 27.6. The van der Waals surface area contributed by atoms with Crippen molar-refractivity contribution < 1.29 is 23.1 Å². The van der Waals surface area contributed by atoms with Crippen LogP contribution in [-0.2, 0) is 21.2 Å². The van der Waals surface area contributed by atoms with Gasteiger partial charge in [-0.05, 0) is 48.0 Å². The maximum atomic E-state index is 12.6. The largest absolute Gasteiger partial charge is 0.481 e. The highest BCUT2D eigenvalue weighted by molar-refractivity contribution is 7.92. The lowest BCUT2D eigenvalue weighted by Gasteiger charge is -2.10. The van der Waals surface area contributed by atoms with Crippen LogP contribution in [-0.4, -0.2) is 25.4 Å². The van der Waals surface area contributed by atoms with Crippen LogP contribution in [0.1, 0.15) is 15.9 Å². The van der Waals surface area contributed by atoms with Crippen molar-refractivity contribution in [2.75, 3.05) is 10.0 Å². The Hall–Kier alpha value is -3.65. The monoisotopic (exact) mass is 410 g/mol. The highest BCUT2D eigenvalue weighted by atomic mass is 32.2. The molecule has 0 saturated heterocycles. The fourth-order valence-corrected chi connectivity index (χ4v) is 3.77. The molecule has 3 aromatic rings. The molecule has 3 aromatic carbocycles. The molecular weight excluding hydrogens is 392 g/mol. The van der Waals surface area contributed by atoms with E-state index < -0.39 is 21.9 Å². The lowest BCUT2D eigenvalue weighted by atomic mass is 10.1. The molecule has 0 aromatic heterocycles. The van der Waals surface area contributed by atoms with E-state index in [-0.39, 0.29) is 16.9 Å². The summed E-state index contributed by atoms with van der Waals surface area (Å²) in [6, 6.07) is 20.6. The van der Waals surface area contributed by atoms with E-state index in [1.807, 2.05) is 0 Å². The summed E-state index contributed by atoms with van der Waals surface area (Å²) in [5, 5.41) is 11.5. The molecule has 0 saturated carbocycles. The van der Waals surface area contributed by atoms with Gasteiger partial charge in [-0.1, -0.05) is 36.4 Å². The number of hydrogen-bond acceptors (Lipinski definition) is 4. The first kappa shape index (κ1) is 20.1. The number of sulfonamides is 1. The summed E-state index contributed by atoms with van der Waals surface area (Å²) in [7, 11) is -3.86. The number of rotatable bonds is 7. The number of para-hydroxylation sites is 1. The van der Waals surface area contributed by atoms with Gasteiger partial charge < -0.3 is 10.4 Å². The molecule has 8 heteroatoms. The number of carboxylic acid groups (broad SMARTS) is 1. The molecular formula is C21H18N2O5S. The summed E-state index contributed by atoms with van der Waals surface area (Å²) in [6.45, 7) is 0. The van der Waals surface area contributed by atoms with Crippen LogP contribution in [0.4, 0.5) is 11.4 Å². The lowest BCUT2D eigenvalue weighted by molar-refractivity contribution is -0.136. The molecule has 3 rings (SSSR count). The topological polar surface area (TPSA) is 113 Å². The van der Waals surface area contributed by atoms with E-state index in [0.717, 1.165) is 0 Å². The van der Waals surface area contributed by atoms with Crippen molar-refractivity contribution in [3.05, 3.63) is 90.0 Å². The molecule has 0 atom stereocenters. The molecule has 1 amide bonds. The normalized spacial score (nSPS) is 10.9. The van der Waals surface area contributed by atoms with Gasteiger partial charge in [0.05, 0.1) is 11.3 Å². The first-order valence-electron chi connectivity index (χ1n) is 8.63. The standard InChI is InChI=1S/C21H18N2O5S/c24-20(25)13-15-6-4-10-18(12-15)22-21(26)16-7-5-11-19(14-16)29(27,28)23-17-8-2-1-3-9-17/h1-12,14,23H,13H2,(H,22,26)(H,24,25). The summed E-state index contributed by atoms with van der Waals surface area (Å²) in [5.41, 5.74) is 1.53. The molecule has 0 aliphatic rings. The van der Waals surface area contributed by atoms with Gasteiger partial charge in [0.25, 0.3) is 15.9 Å². The van der Waals surface area contributed by atoms with Gasteiger partial charge in [-0.15, -0.1) is 0 Å². The van der Waals surface area contributed by atoms with Crippen LogP contribution in [0.15, 0.2) is 83.8 Å². The maximum Gasteiger partial charge on any atom is 0.307 e. The Morgan fingerprint density at radius 1 is 0.828 bits per heavy atom. The smallest absolute Gasteiger partial charge is 0.307 e. The lowest BCUT2D eigenvalue weighted by Crippen LogP contribution is -2.16. The fourth-order valence-electron chi connectivity index (χ4n) is 2.66. The highest BCUT2D eigenvalue weighted by Gasteiger charge is 2.17. The average Bonchev–Trinajstić information content (AvgIpc) is 2.68. The number of carboxylic acids is 1. The predicted octanol–water partition coefficient (Wildman–Crippen LogP) is 3.37. The van der Waals surface area contributed by atoms with Crippen molar-refractivity contribution in [2.24, 2.45) is 0 Å². The van der Waals surface area contributed by atoms with Gasteiger partial charge in [-0.3, -0.25) is 14.3 Å². The van der Waals surface area contributed by atoms with Gasteiger partial charge in [0, 0.05) is 16.9 Å². The number of hydrogen-bond donors (Lipinski definition) is 3. The van der Waals surface area contributed by atoms with Crippen LogP contribution in [0.2, 0.25) is 0 Å². The number of carbonyl (C=O) groups excluding carboxylic acids is 1. The van der Waals surface area contributed by atoms with Gasteiger partial charge in [-0.25, -0.2) is 8.42 Å². The summed E-state index contributed by atoms with van der Waals surface area (Å²) in [4.78, 5) is 23.3. The Labute approximate surface area is 168 Å². The number of nitrogens with one attached hydrogen (secondary N) is 2. The minimum Gasteiger partial charge on any atom is -0.481 e. The molecule has 7 nitrogen and oxygen atoms in total. The van der Waals surface area contributed by atoms with Crippen LogP contribution in [0.3, 0.4) is 0 Å².